The number of rotatable bonds is 9. The molecule has 0 aromatic heterocycles. The number of carbonyl (C=O) groups excluding carboxylic acids is 2. The predicted molar refractivity (Wildman–Crippen MR) is 109 cm³/mol. The van der Waals surface area contributed by atoms with E-state index in [-0.39, 0.29) is 24.8 Å². The Morgan fingerprint density at radius 2 is 1.50 bits per heavy atom. The van der Waals surface area contributed by atoms with Gasteiger partial charge in [-0.25, -0.2) is 0 Å². The summed E-state index contributed by atoms with van der Waals surface area (Å²) in [6.45, 7) is 6.16. The second-order valence-corrected chi connectivity index (χ2v) is 6.00. The number of methoxy groups -OCH3 is 1. The van der Waals surface area contributed by atoms with Crippen LogP contribution in [0.4, 0.5) is 5.69 Å². The summed E-state index contributed by atoms with van der Waals surface area (Å²) in [6.07, 6.45) is 0.118. The molecule has 0 unspecified atom stereocenters. The third kappa shape index (κ3) is 6.19. The SMILES string of the molecule is CCN(CC)c1ccc(C(=O)NNC(=O)CCOc2ccc(OC)cc2)cc1. The summed E-state index contributed by atoms with van der Waals surface area (Å²) >= 11 is 0. The Morgan fingerprint density at radius 3 is 2.07 bits per heavy atom. The van der Waals surface area contributed by atoms with Gasteiger partial charge in [0.2, 0.25) is 5.91 Å². The van der Waals surface area contributed by atoms with Gasteiger partial charge in [-0.3, -0.25) is 20.4 Å². The van der Waals surface area contributed by atoms with Crippen LogP contribution in [0.5, 0.6) is 11.5 Å². The molecule has 0 aliphatic rings. The highest BCUT2D eigenvalue weighted by molar-refractivity contribution is 5.95. The van der Waals surface area contributed by atoms with E-state index in [0.717, 1.165) is 24.5 Å². The van der Waals surface area contributed by atoms with Gasteiger partial charge in [-0.2, -0.15) is 0 Å². The highest BCUT2D eigenvalue weighted by Crippen LogP contribution is 2.17. The van der Waals surface area contributed by atoms with Crippen LogP contribution >= 0.6 is 0 Å². The molecule has 0 saturated heterocycles. The molecular formula is C21H27N3O4. The average Bonchev–Trinajstić information content (AvgIpc) is 2.74. The van der Waals surface area contributed by atoms with Crippen LogP contribution in [-0.4, -0.2) is 38.6 Å². The van der Waals surface area contributed by atoms with Crippen molar-refractivity contribution in [3.63, 3.8) is 0 Å². The third-order valence-corrected chi connectivity index (χ3v) is 4.23. The summed E-state index contributed by atoms with van der Waals surface area (Å²) in [4.78, 5) is 26.2. The molecule has 2 amide bonds. The second kappa shape index (κ2) is 10.8. The minimum Gasteiger partial charge on any atom is -0.497 e. The molecule has 0 radical (unpaired) electrons. The lowest BCUT2D eigenvalue weighted by Gasteiger charge is -2.21. The highest BCUT2D eigenvalue weighted by atomic mass is 16.5. The number of carbonyl (C=O) groups is 2. The Morgan fingerprint density at radius 1 is 0.893 bits per heavy atom. The molecule has 28 heavy (non-hydrogen) atoms. The molecule has 7 nitrogen and oxygen atoms in total. The molecule has 0 heterocycles. The third-order valence-electron chi connectivity index (χ3n) is 4.23. The van der Waals surface area contributed by atoms with Crippen LogP contribution in [0.3, 0.4) is 0 Å². The second-order valence-electron chi connectivity index (χ2n) is 6.00. The molecule has 0 atom stereocenters. The lowest BCUT2D eigenvalue weighted by atomic mass is 10.2. The van der Waals surface area contributed by atoms with Crippen LogP contribution in [-0.2, 0) is 4.79 Å². The van der Waals surface area contributed by atoms with Gasteiger partial charge < -0.3 is 14.4 Å². The van der Waals surface area contributed by atoms with Crippen molar-refractivity contribution in [1.82, 2.24) is 10.9 Å². The minimum atomic E-state index is -0.365. The Bertz CT molecular complexity index is 756. The topological polar surface area (TPSA) is 79.9 Å². The fourth-order valence-electron chi connectivity index (χ4n) is 2.61. The number of hydrogen-bond donors (Lipinski definition) is 2. The Hall–Kier alpha value is -3.22. The molecule has 0 aliphatic heterocycles. The van der Waals surface area contributed by atoms with Crippen molar-refractivity contribution in [3.05, 3.63) is 54.1 Å². The van der Waals surface area contributed by atoms with E-state index in [1.807, 2.05) is 12.1 Å². The van der Waals surface area contributed by atoms with Crippen LogP contribution in [0.25, 0.3) is 0 Å². The molecule has 150 valence electrons. The van der Waals surface area contributed by atoms with Gasteiger partial charge in [0.05, 0.1) is 20.1 Å². The maximum Gasteiger partial charge on any atom is 0.269 e. The standard InChI is InChI=1S/C21H27N3O4/c1-4-24(5-2)17-8-6-16(7-9-17)21(26)23-22-20(25)14-15-28-19-12-10-18(27-3)11-13-19/h6-13H,4-5,14-15H2,1-3H3,(H,22,25)(H,23,26). The maximum atomic E-state index is 12.1. The molecule has 0 fully saturated rings. The summed E-state index contributed by atoms with van der Waals surface area (Å²) in [7, 11) is 1.59. The van der Waals surface area contributed by atoms with Crippen molar-refractivity contribution in [2.45, 2.75) is 20.3 Å². The molecule has 7 heteroatoms. The number of nitrogens with zero attached hydrogens (tertiary/aromatic N) is 1. The summed E-state index contributed by atoms with van der Waals surface area (Å²) in [5.74, 6) is 0.681. The van der Waals surface area contributed by atoms with Gasteiger partial charge in [0.1, 0.15) is 11.5 Å². The van der Waals surface area contributed by atoms with Gasteiger partial charge >= 0.3 is 0 Å². The number of benzene rings is 2. The van der Waals surface area contributed by atoms with Gasteiger partial charge in [-0.1, -0.05) is 0 Å². The Kier molecular flexibility index (Phi) is 8.14. The molecule has 0 aliphatic carbocycles. The van der Waals surface area contributed by atoms with E-state index in [2.05, 4.69) is 29.6 Å². The summed E-state index contributed by atoms with van der Waals surface area (Å²) in [5.41, 5.74) is 6.35. The molecule has 0 bridgehead atoms. The lowest BCUT2D eigenvalue weighted by Crippen LogP contribution is -2.42. The van der Waals surface area contributed by atoms with E-state index in [1.165, 1.54) is 0 Å². The highest BCUT2D eigenvalue weighted by Gasteiger charge is 2.09. The monoisotopic (exact) mass is 385 g/mol. The van der Waals surface area contributed by atoms with Crippen molar-refractivity contribution in [1.29, 1.82) is 0 Å². The fourth-order valence-corrected chi connectivity index (χ4v) is 2.61. The quantitative estimate of drug-likeness (QED) is 0.649. The van der Waals surface area contributed by atoms with Crippen LogP contribution < -0.4 is 25.2 Å². The van der Waals surface area contributed by atoms with Crippen LogP contribution in [0, 0.1) is 0 Å². The van der Waals surface area contributed by atoms with Gasteiger partial charge in [0.25, 0.3) is 5.91 Å². The predicted octanol–water partition coefficient (Wildman–Crippen LogP) is 2.77. The zero-order valence-corrected chi connectivity index (χ0v) is 16.5. The number of nitrogens with one attached hydrogen (secondary N) is 2. The zero-order valence-electron chi connectivity index (χ0n) is 16.5. The number of anilines is 1. The molecule has 2 aromatic rings. The van der Waals surface area contributed by atoms with Crippen molar-refractivity contribution in [2.75, 3.05) is 31.7 Å². The van der Waals surface area contributed by atoms with Gasteiger partial charge in [0, 0.05) is 24.3 Å². The maximum absolute atomic E-state index is 12.1. The van der Waals surface area contributed by atoms with Gasteiger partial charge in [0.15, 0.2) is 0 Å². The Balaban J connectivity index is 1.73. The van der Waals surface area contributed by atoms with Crippen LogP contribution in [0.15, 0.2) is 48.5 Å². The molecule has 2 aromatic carbocycles. The number of hydrazine groups is 1. The molecule has 2 N–H and O–H groups in total. The number of hydrogen-bond acceptors (Lipinski definition) is 5. The number of amides is 2. The first kappa shape index (κ1) is 21.1. The first-order valence-corrected chi connectivity index (χ1v) is 9.28. The van der Waals surface area contributed by atoms with E-state index in [9.17, 15) is 9.59 Å². The number of ether oxygens (including phenoxy) is 2. The van der Waals surface area contributed by atoms with E-state index in [0.29, 0.717) is 11.3 Å². The van der Waals surface area contributed by atoms with Gasteiger partial charge in [-0.05, 0) is 62.4 Å². The summed E-state index contributed by atoms with van der Waals surface area (Å²) < 4.78 is 10.6. The largest absolute Gasteiger partial charge is 0.497 e. The van der Waals surface area contributed by atoms with Crippen LogP contribution in [0.1, 0.15) is 30.6 Å². The lowest BCUT2D eigenvalue weighted by molar-refractivity contribution is -0.122. The van der Waals surface area contributed by atoms with Crippen molar-refractivity contribution in [3.8, 4) is 11.5 Å². The molecule has 0 spiro atoms. The smallest absolute Gasteiger partial charge is 0.269 e. The van der Waals surface area contributed by atoms with Crippen LogP contribution in [0.2, 0.25) is 0 Å². The van der Waals surface area contributed by atoms with Crippen molar-refractivity contribution in [2.24, 2.45) is 0 Å². The normalized spacial score (nSPS) is 10.1. The van der Waals surface area contributed by atoms with Gasteiger partial charge in [-0.15, -0.1) is 0 Å². The zero-order chi connectivity index (χ0) is 20.4. The molecule has 0 saturated carbocycles. The molecular weight excluding hydrogens is 358 g/mol. The summed E-state index contributed by atoms with van der Waals surface area (Å²) in [6, 6.07) is 14.4. The molecule has 2 rings (SSSR count). The Labute approximate surface area is 165 Å². The first-order valence-electron chi connectivity index (χ1n) is 9.28. The minimum absolute atomic E-state index is 0.118. The summed E-state index contributed by atoms with van der Waals surface area (Å²) in [5, 5.41) is 0. The van der Waals surface area contributed by atoms with E-state index in [4.69, 9.17) is 9.47 Å². The van der Waals surface area contributed by atoms with Crippen molar-refractivity contribution >= 4 is 17.5 Å². The van der Waals surface area contributed by atoms with E-state index >= 15 is 0 Å². The van der Waals surface area contributed by atoms with Crippen molar-refractivity contribution < 1.29 is 19.1 Å². The van der Waals surface area contributed by atoms with E-state index < -0.39 is 0 Å². The van der Waals surface area contributed by atoms with E-state index in [1.54, 1.807) is 43.5 Å². The first-order chi connectivity index (χ1) is 13.6. The average molecular weight is 385 g/mol. The fraction of sp³-hybridized carbons (Fsp3) is 0.333.